The van der Waals surface area contributed by atoms with E-state index in [-0.39, 0.29) is 17.9 Å². The molecule has 14 heteroatoms. The summed E-state index contributed by atoms with van der Waals surface area (Å²) in [6.07, 6.45) is 6.95. The molecule has 1 amide bonds. The predicted molar refractivity (Wildman–Crippen MR) is 176 cm³/mol. The maximum absolute atomic E-state index is 12.6. The second kappa shape index (κ2) is 21.6. The minimum absolute atomic E-state index is 0.0584. The van der Waals surface area contributed by atoms with Gasteiger partial charge < -0.3 is 40.7 Å². The molecule has 1 aliphatic carbocycles. The number of hydrogen-bond donors (Lipinski definition) is 6. The van der Waals surface area contributed by atoms with E-state index in [1.165, 1.54) is 31.2 Å². The molecule has 262 valence electrons. The van der Waals surface area contributed by atoms with Crippen LogP contribution in [0.15, 0.2) is 71.4 Å². The first kappa shape index (κ1) is 41.8. The maximum Gasteiger partial charge on any atom is 0.405 e. The second-order valence-corrected chi connectivity index (χ2v) is 12.0. The van der Waals surface area contributed by atoms with Gasteiger partial charge in [-0.25, -0.2) is 9.59 Å². The number of aliphatic carboxylic acids is 1. The summed E-state index contributed by atoms with van der Waals surface area (Å²) in [7, 11) is 0. The first-order chi connectivity index (χ1) is 22.1. The molecule has 0 saturated heterocycles. The molecule has 0 heterocycles. The highest BCUT2D eigenvalue weighted by Crippen LogP contribution is 2.27. The Morgan fingerprint density at radius 3 is 2.28 bits per heavy atom. The normalized spacial score (nSPS) is 23.5. The molecule has 1 saturated carbocycles. The molecule has 0 aromatic carbocycles. The molecule has 1 aliphatic rings. The highest BCUT2D eigenvalue weighted by Gasteiger charge is 2.36. The van der Waals surface area contributed by atoms with Gasteiger partial charge in [-0.15, -0.1) is 11.6 Å². The lowest BCUT2D eigenvalue weighted by molar-refractivity contribution is -0.159. The third kappa shape index (κ3) is 15.5. The zero-order chi connectivity index (χ0) is 35.7. The third-order valence-electron chi connectivity index (χ3n) is 7.31. The van der Waals surface area contributed by atoms with Gasteiger partial charge in [-0.1, -0.05) is 73.6 Å². The van der Waals surface area contributed by atoms with Crippen LogP contribution in [0.25, 0.3) is 0 Å². The summed E-state index contributed by atoms with van der Waals surface area (Å²) < 4.78 is 10.1. The van der Waals surface area contributed by atoms with Gasteiger partial charge in [0.15, 0.2) is 5.78 Å². The summed E-state index contributed by atoms with van der Waals surface area (Å²) in [4.78, 5) is 47.0. The maximum atomic E-state index is 12.6. The Balaban J connectivity index is 2.66. The molecule has 0 bridgehead atoms. The van der Waals surface area contributed by atoms with Gasteiger partial charge in [-0.2, -0.15) is 0 Å². The number of aliphatic hydroxyl groups is 4. The molecule has 1 rings (SSSR count). The number of primary amides is 1. The fraction of sp³-hybridized carbons (Fsp3) is 0.515. The SMILES string of the molecule is CC/C=C/[C@@H](OC(N)=O)[C@@H](Cl)[C@H](O)CC(=O)[C@@H](O)[C@H](O)C(C)/C(Cl)=C/C=C/C=C(C)/C=C/C=C/C(=O)O[C@@H]1C[C@@H](C(=O)O)CC[C@@H]1O. The van der Waals surface area contributed by atoms with Gasteiger partial charge in [0.2, 0.25) is 0 Å². The number of ether oxygens (including phenoxy) is 2. The van der Waals surface area contributed by atoms with Crippen LogP contribution in [0.3, 0.4) is 0 Å². The van der Waals surface area contributed by atoms with Crippen molar-refractivity contribution in [3.63, 3.8) is 0 Å². The fourth-order valence-electron chi connectivity index (χ4n) is 4.46. The van der Waals surface area contributed by atoms with Gasteiger partial charge in [0.1, 0.15) is 23.7 Å². The van der Waals surface area contributed by atoms with E-state index in [0.29, 0.717) is 12.8 Å². The van der Waals surface area contributed by atoms with Crippen molar-refractivity contribution < 1.29 is 54.2 Å². The number of halogens is 2. The molecule has 0 aromatic heterocycles. The number of esters is 1. The zero-order valence-electron chi connectivity index (χ0n) is 26.5. The van der Waals surface area contributed by atoms with E-state index in [0.717, 1.165) is 5.57 Å². The van der Waals surface area contributed by atoms with Crippen LogP contribution in [0, 0.1) is 11.8 Å². The van der Waals surface area contributed by atoms with Crippen LogP contribution in [0.4, 0.5) is 4.79 Å². The average Bonchev–Trinajstić information content (AvgIpc) is 3.02. The predicted octanol–water partition coefficient (Wildman–Crippen LogP) is 3.60. The molecule has 0 spiro atoms. The number of alkyl halides is 1. The van der Waals surface area contributed by atoms with Crippen molar-refractivity contribution in [1.29, 1.82) is 0 Å². The van der Waals surface area contributed by atoms with Gasteiger partial charge in [-0.3, -0.25) is 9.59 Å². The molecule has 0 radical (unpaired) electrons. The Morgan fingerprint density at radius 1 is 1.02 bits per heavy atom. The highest BCUT2D eigenvalue weighted by atomic mass is 35.5. The highest BCUT2D eigenvalue weighted by molar-refractivity contribution is 6.30. The van der Waals surface area contributed by atoms with Crippen molar-refractivity contribution in [2.45, 2.75) is 94.9 Å². The Hall–Kier alpha value is -3.26. The standard InChI is InChI=1S/C33H45Cl2NO11/c1-4-5-13-26(47-33(36)45)29(35)24(38)18-25(39)31(42)30(41)20(3)22(34)12-8-6-10-19(2)11-7-9-14-28(40)46-27-17-21(32(43)44)15-16-23(27)37/h5-14,20-21,23-24,26-27,29-31,37-38,41-42H,4,15-18H2,1-3H3,(H2,36,45)(H,43,44)/b8-6+,11-7+,13-5+,14-9+,19-10+,22-12-/t20?,21-,23-,24+,26+,27+,29-,30+,31+/m0/s1. The van der Waals surface area contributed by atoms with E-state index in [2.05, 4.69) is 0 Å². The smallest absolute Gasteiger partial charge is 0.405 e. The number of amides is 1. The summed E-state index contributed by atoms with van der Waals surface area (Å²) >= 11 is 12.5. The van der Waals surface area contributed by atoms with Gasteiger partial charge in [0.05, 0.1) is 24.2 Å². The van der Waals surface area contributed by atoms with E-state index >= 15 is 0 Å². The number of carbonyl (C=O) groups excluding carboxylic acids is 3. The number of carboxylic acid groups (broad SMARTS) is 1. The van der Waals surface area contributed by atoms with Gasteiger partial charge in [0, 0.05) is 29.9 Å². The van der Waals surface area contributed by atoms with E-state index < -0.39 is 84.1 Å². The molecule has 1 unspecified atom stereocenters. The van der Waals surface area contributed by atoms with Crippen molar-refractivity contribution in [3.8, 4) is 0 Å². The summed E-state index contributed by atoms with van der Waals surface area (Å²) in [5.74, 6) is -4.10. The number of carboxylic acids is 1. The summed E-state index contributed by atoms with van der Waals surface area (Å²) in [6, 6.07) is 0. The monoisotopic (exact) mass is 701 g/mol. The number of aliphatic hydroxyl groups excluding tert-OH is 4. The van der Waals surface area contributed by atoms with Crippen molar-refractivity contribution in [3.05, 3.63) is 71.4 Å². The lowest BCUT2D eigenvalue weighted by Gasteiger charge is -2.30. The van der Waals surface area contributed by atoms with Crippen molar-refractivity contribution in [2.75, 3.05) is 0 Å². The molecule has 47 heavy (non-hydrogen) atoms. The quantitative estimate of drug-likeness (QED) is 0.0399. The zero-order valence-corrected chi connectivity index (χ0v) is 28.0. The lowest BCUT2D eigenvalue weighted by Crippen LogP contribution is -2.43. The molecule has 0 aromatic rings. The van der Waals surface area contributed by atoms with Gasteiger partial charge >= 0.3 is 18.0 Å². The van der Waals surface area contributed by atoms with Crippen LogP contribution in [-0.2, 0) is 23.9 Å². The summed E-state index contributed by atoms with van der Waals surface area (Å²) in [5.41, 5.74) is 5.83. The number of Topliss-reactive ketones (excluding diaryl/α,β-unsaturated/α-hetero) is 1. The van der Waals surface area contributed by atoms with Crippen molar-refractivity contribution in [2.24, 2.45) is 17.6 Å². The number of nitrogens with two attached hydrogens (primary N) is 1. The van der Waals surface area contributed by atoms with Gasteiger partial charge in [-0.05, 0) is 38.3 Å². The number of carbonyl (C=O) groups is 4. The summed E-state index contributed by atoms with van der Waals surface area (Å²) in [5, 5.41) is 49.4. The first-order valence-electron chi connectivity index (χ1n) is 15.1. The molecule has 0 aliphatic heterocycles. The number of allylic oxidation sites excluding steroid dienone is 9. The van der Waals surface area contributed by atoms with E-state index in [1.54, 1.807) is 43.4 Å². The largest absolute Gasteiger partial charge is 0.481 e. The molecule has 12 nitrogen and oxygen atoms in total. The second-order valence-electron chi connectivity index (χ2n) is 11.1. The van der Waals surface area contributed by atoms with Crippen LogP contribution >= 0.6 is 23.2 Å². The molecule has 9 atom stereocenters. The van der Waals surface area contributed by atoms with E-state index in [9.17, 15) is 39.6 Å². The number of hydrogen-bond acceptors (Lipinski definition) is 10. The van der Waals surface area contributed by atoms with Crippen molar-refractivity contribution >= 4 is 47.0 Å². The Labute approximate surface area is 284 Å². The van der Waals surface area contributed by atoms with Gasteiger partial charge in [0.25, 0.3) is 0 Å². The van der Waals surface area contributed by atoms with Crippen LogP contribution in [-0.4, -0.2) is 91.3 Å². The Kier molecular flexibility index (Phi) is 19.2. The molecular formula is C33H45Cl2NO11. The Bertz CT molecular complexity index is 1240. The topological polar surface area (TPSA) is 214 Å². The minimum atomic E-state index is -1.89. The number of rotatable bonds is 18. The Morgan fingerprint density at radius 2 is 1.66 bits per heavy atom. The van der Waals surface area contributed by atoms with Crippen LogP contribution in [0.1, 0.15) is 52.9 Å². The number of ketones is 1. The van der Waals surface area contributed by atoms with Crippen LogP contribution in [0.2, 0.25) is 0 Å². The molecule has 1 fully saturated rings. The van der Waals surface area contributed by atoms with Crippen LogP contribution in [0.5, 0.6) is 0 Å². The van der Waals surface area contributed by atoms with Crippen LogP contribution < -0.4 is 5.73 Å². The average molecular weight is 703 g/mol. The summed E-state index contributed by atoms with van der Waals surface area (Å²) in [6.45, 7) is 5.12. The van der Waals surface area contributed by atoms with E-state index in [4.69, 9.17) is 43.5 Å². The lowest BCUT2D eigenvalue weighted by atomic mass is 9.85. The molecule has 7 N–H and O–H groups in total. The fourth-order valence-corrected chi connectivity index (χ4v) is 4.88. The first-order valence-corrected chi connectivity index (χ1v) is 15.9. The third-order valence-corrected chi connectivity index (χ3v) is 8.32. The molecular weight excluding hydrogens is 657 g/mol. The minimum Gasteiger partial charge on any atom is -0.481 e. The van der Waals surface area contributed by atoms with Crippen molar-refractivity contribution in [1.82, 2.24) is 0 Å². The van der Waals surface area contributed by atoms with E-state index in [1.807, 2.05) is 6.92 Å².